The van der Waals surface area contributed by atoms with Crippen LogP contribution in [0.5, 0.6) is 17.4 Å². The number of pyridine rings is 1. The fourth-order valence-electron chi connectivity index (χ4n) is 3.64. The first kappa shape index (κ1) is 27.0. The number of halogens is 7. The maximum atomic E-state index is 14.0. The summed E-state index contributed by atoms with van der Waals surface area (Å²) in [7, 11) is 0. The standard InChI is InChI=1S/C24H18F7N3O4/c1-13-2-8-18(34-21(35)33-15-4-6-16(7-5-15)38-24(29,30)31)20(32-13)37-19-9-3-14(25)12-17(19)22(10-11-36-22)23(26,27)28/h2-9,12H,10-11H2,1H3,(H2,33,34,35). The van der Waals surface area contributed by atoms with Gasteiger partial charge in [-0.3, -0.25) is 0 Å². The number of carbonyl (C=O) groups is 1. The SMILES string of the molecule is Cc1ccc(NC(=O)Nc2ccc(OC(F)(F)F)cc2)c(Oc2ccc(F)cc2C2(C(F)(F)F)CCO2)n1. The molecule has 2 N–H and O–H groups in total. The first-order chi connectivity index (χ1) is 17.8. The lowest BCUT2D eigenvalue weighted by Crippen LogP contribution is -2.52. The third kappa shape index (κ3) is 5.90. The fraction of sp³-hybridized carbons (Fsp3) is 0.250. The number of benzene rings is 2. The average Bonchev–Trinajstić information content (AvgIpc) is 2.76. The van der Waals surface area contributed by atoms with Gasteiger partial charge in [-0.15, -0.1) is 13.2 Å². The van der Waals surface area contributed by atoms with Crippen LogP contribution in [-0.2, 0) is 10.3 Å². The van der Waals surface area contributed by atoms with Crippen LogP contribution >= 0.6 is 0 Å². The number of hydrogen-bond donors (Lipinski definition) is 2. The van der Waals surface area contributed by atoms with Gasteiger partial charge < -0.3 is 24.8 Å². The number of ether oxygens (including phenoxy) is 3. The molecule has 1 aromatic heterocycles. The highest BCUT2D eigenvalue weighted by Gasteiger charge is 2.62. The maximum absolute atomic E-state index is 14.0. The number of alkyl halides is 6. The fourth-order valence-corrected chi connectivity index (χ4v) is 3.64. The Hall–Kier alpha value is -4.07. The molecule has 0 saturated carbocycles. The topological polar surface area (TPSA) is 81.7 Å². The summed E-state index contributed by atoms with van der Waals surface area (Å²) in [6, 6.07) is 8.87. The molecule has 1 aliphatic rings. The Kier molecular flexibility index (Phi) is 7.10. The van der Waals surface area contributed by atoms with Gasteiger partial charge in [-0.25, -0.2) is 14.2 Å². The number of nitrogens with one attached hydrogen (secondary N) is 2. The van der Waals surface area contributed by atoms with Gasteiger partial charge in [0, 0.05) is 23.4 Å². The highest BCUT2D eigenvalue weighted by atomic mass is 19.4. The van der Waals surface area contributed by atoms with Crippen LogP contribution in [0.4, 0.5) is 46.9 Å². The molecule has 0 radical (unpaired) electrons. The van der Waals surface area contributed by atoms with E-state index in [-0.39, 0.29) is 29.6 Å². The Morgan fingerprint density at radius 1 is 1.00 bits per heavy atom. The smallest absolute Gasteiger partial charge is 0.437 e. The first-order valence-corrected chi connectivity index (χ1v) is 10.9. The van der Waals surface area contributed by atoms with E-state index in [0.717, 1.165) is 36.4 Å². The third-order valence-corrected chi connectivity index (χ3v) is 5.44. The van der Waals surface area contributed by atoms with Crippen LogP contribution in [0, 0.1) is 12.7 Å². The van der Waals surface area contributed by atoms with Crippen LogP contribution in [0.1, 0.15) is 17.7 Å². The van der Waals surface area contributed by atoms with Crippen molar-refractivity contribution in [1.29, 1.82) is 0 Å². The Morgan fingerprint density at radius 2 is 1.68 bits per heavy atom. The van der Waals surface area contributed by atoms with Crippen LogP contribution in [0.15, 0.2) is 54.6 Å². The summed E-state index contributed by atoms with van der Waals surface area (Å²) in [5, 5.41) is 4.79. The predicted octanol–water partition coefficient (Wildman–Crippen LogP) is 7.04. The molecular formula is C24H18F7N3O4. The molecule has 2 aromatic carbocycles. The summed E-state index contributed by atoms with van der Waals surface area (Å²) in [6.07, 6.45) is -10.2. The van der Waals surface area contributed by atoms with Crippen molar-refractivity contribution in [3.8, 4) is 17.4 Å². The first-order valence-electron chi connectivity index (χ1n) is 10.9. The normalized spacial score (nSPS) is 17.4. The Morgan fingerprint density at radius 3 is 2.26 bits per heavy atom. The molecule has 0 spiro atoms. The van der Waals surface area contributed by atoms with E-state index in [2.05, 4.69) is 20.4 Å². The van der Waals surface area contributed by atoms with E-state index in [1.807, 2.05) is 0 Å². The van der Waals surface area contributed by atoms with Gasteiger partial charge in [0.2, 0.25) is 5.88 Å². The van der Waals surface area contributed by atoms with Crippen molar-refractivity contribution in [3.05, 3.63) is 71.7 Å². The lowest BCUT2D eigenvalue weighted by molar-refractivity contribution is -0.333. The highest BCUT2D eigenvalue weighted by molar-refractivity contribution is 6.00. The zero-order valence-corrected chi connectivity index (χ0v) is 19.3. The minimum Gasteiger partial charge on any atom is -0.437 e. The molecule has 1 unspecified atom stereocenters. The summed E-state index contributed by atoms with van der Waals surface area (Å²) in [5.74, 6) is -2.11. The van der Waals surface area contributed by atoms with Gasteiger partial charge >= 0.3 is 18.6 Å². The molecule has 4 rings (SSSR count). The Balaban J connectivity index is 1.56. The number of carbonyl (C=O) groups excluding carboxylic acids is 1. The molecule has 1 aliphatic heterocycles. The van der Waals surface area contributed by atoms with Gasteiger partial charge in [-0.05, 0) is 61.5 Å². The molecule has 2 heterocycles. The summed E-state index contributed by atoms with van der Waals surface area (Å²) >= 11 is 0. The molecule has 1 saturated heterocycles. The molecule has 2 amide bonds. The largest absolute Gasteiger partial charge is 0.573 e. The Bertz CT molecular complexity index is 1320. The number of aromatic nitrogens is 1. The summed E-state index contributed by atoms with van der Waals surface area (Å²) in [6.45, 7) is 1.38. The molecule has 1 fully saturated rings. The Labute approximate surface area is 210 Å². The van der Waals surface area contributed by atoms with E-state index in [1.165, 1.54) is 12.1 Å². The van der Waals surface area contributed by atoms with E-state index < -0.39 is 47.7 Å². The van der Waals surface area contributed by atoms with E-state index in [9.17, 15) is 35.5 Å². The van der Waals surface area contributed by atoms with Gasteiger partial charge in [0.15, 0.2) is 5.60 Å². The van der Waals surface area contributed by atoms with E-state index in [0.29, 0.717) is 11.8 Å². The number of hydrogen-bond acceptors (Lipinski definition) is 5. The predicted molar refractivity (Wildman–Crippen MR) is 120 cm³/mol. The van der Waals surface area contributed by atoms with E-state index in [4.69, 9.17) is 9.47 Å². The van der Waals surface area contributed by atoms with E-state index in [1.54, 1.807) is 6.92 Å². The van der Waals surface area contributed by atoms with E-state index >= 15 is 0 Å². The second-order valence-corrected chi connectivity index (χ2v) is 8.12. The van der Waals surface area contributed by atoms with Gasteiger partial charge in [-0.1, -0.05) is 0 Å². The lowest BCUT2D eigenvalue weighted by atomic mass is 9.85. The molecule has 1 atom stereocenters. The van der Waals surface area contributed by atoms with Crippen molar-refractivity contribution >= 4 is 17.4 Å². The van der Waals surface area contributed by atoms with Crippen LogP contribution in [-0.4, -0.2) is 30.2 Å². The van der Waals surface area contributed by atoms with Gasteiger partial charge in [0.05, 0.1) is 6.61 Å². The minimum absolute atomic E-state index is 0.0593. The minimum atomic E-state index is -4.88. The average molecular weight is 545 g/mol. The van der Waals surface area contributed by atoms with Gasteiger partial charge in [0.25, 0.3) is 0 Å². The molecular weight excluding hydrogens is 527 g/mol. The summed E-state index contributed by atoms with van der Waals surface area (Å²) < 4.78 is 107. The number of aryl methyl sites for hydroxylation is 1. The van der Waals surface area contributed by atoms with Crippen LogP contribution in [0.2, 0.25) is 0 Å². The number of amides is 2. The van der Waals surface area contributed by atoms with Crippen molar-refractivity contribution in [3.63, 3.8) is 0 Å². The van der Waals surface area contributed by atoms with Crippen LogP contribution < -0.4 is 20.1 Å². The monoisotopic (exact) mass is 545 g/mol. The van der Waals surface area contributed by atoms with Crippen molar-refractivity contribution in [2.24, 2.45) is 0 Å². The third-order valence-electron chi connectivity index (χ3n) is 5.44. The van der Waals surface area contributed by atoms with Gasteiger partial charge in [0.1, 0.15) is 23.0 Å². The molecule has 38 heavy (non-hydrogen) atoms. The summed E-state index contributed by atoms with van der Waals surface area (Å²) in [4.78, 5) is 16.6. The second-order valence-electron chi connectivity index (χ2n) is 8.12. The second kappa shape index (κ2) is 10.0. The molecule has 3 aromatic rings. The number of urea groups is 1. The zero-order chi connectivity index (χ0) is 27.7. The maximum Gasteiger partial charge on any atom is 0.573 e. The van der Waals surface area contributed by atoms with Crippen LogP contribution in [0.25, 0.3) is 0 Å². The molecule has 0 bridgehead atoms. The highest BCUT2D eigenvalue weighted by Crippen LogP contribution is 2.53. The van der Waals surface area contributed by atoms with Crippen molar-refractivity contribution in [1.82, 2.24) is 4.98 Å². The molecule has 0 aliphatic carbocycles. The van der Waals surface area contributed by atoms with Gasteiger partial charge in [-0.2, -0.15) is 13.2 Å². The van der Waals surface area contributed by atoms with Crippen molar-refractivity contribution in [2.75, 3.05) is 17.2 Å². The number of anilines is 2. The van der Waals surface area contributed by atoms with Crippen molar-refractivity contribution in [2.45, 2.75) is 31.5 Å². The lowest BCUT2D eigenvalue weighted by Gasteiger charge is -2.43. The molecule has 14 heteroatoms. The molecule has 7 nitrogen and oxygen atoms in total. The zero-order valence-electron chi connectivity index (χ0n) is 19.3. The van der Waals surface area contributed by atoms with Crippen LogP contribution in [0.3, 0.4) is 0 Å². The molecule has 202 valence electrons. The van der Waals surface area contributed by atoms with Crippen molar-refractivity contribution < 1.29 is 49.7 Å². The summed E-state index contributed by atoms with van der Waals surface area (Å²) in [5.41, 5.74) is -2.91. The number of rotatable bonds is 6. The quantitative estimate of drug-likeness (QED) is 0.325. The number of nitrogens with zero attached hydrogens (tertiary/aromatic N) is 1.